The van der Waals surface area contributed by atoms with Crippen molar-refractivity contribution >= 4 is 16.6 Å². The van der Waals surface area contributed by atoms with Crippen molar-refractivity contribution in [1.82, 2.24) is 4.98 Å². The average Bonchev–Trinajstić information content (AvgIpc) is 2.45. The van der Waals surface area contributed by atoms with Crippen LogP contribution in [-0.2, 0) is 6.18 Å². The van der Waals surface area contributed by atoms with Crippen molar-refractivity contribution in [1.29, 1.82) is 0 Å². The van der Waals surface area contributed by atoms with Crippen LogP contribution in [0.4, 0.5) is 18.9 Å². The Morgan fingerprint density at radius 1 is 0.857 bits per heavy atom. The van der Waals surface area contributed by atoms with Gasteiger partial charge < -0.3 is 5.73 Å². The van der Waals surface area contributed by atoms with Crippen LogP contribution in [0.5, 0.6) is 0 Å². The van der Waals surface area contributed by atoms with E-state index in [0.717, 1.165) is 28.6 Å². The van der Waals surface area contributed by atoms with E-state index in [4.69, 9.17) is 5.73 Å². The molecule has 0 spiro atoms. The maximum absolute atomic E-state index is 12.5. The first-order valence-corrected chi connectivity index (χ1v) is 6.26. The Balaban J connectivity index is 2.04. The molecule has 0 saturated carbocycles. The van der Waals surface area contributed by atoms with E-state index < -0.39 is 11.7 Å². The monoisotopic (exact) mass is 288 g/mol. The Morgan fingerprint density at radius 3 is 2.24 bits per heavy atom. The number of alkyl halides is 3. The molecule has 2 aromatic carbocycles. The first kappa shape index (κ1) is 13.4. The zero-order chi connectivity index (χ0) is 15.0. The van der Waals surface area contributed by atoms with Gasteiger partial charge in [-0.1, -0.05) is 12.1 Å². The van der Waals surface area contributed by atoms with Crippen molar-refractivity contribution in [2.45, 2.75) is 6.18 Å². The number of hydrogen-bond acceptors (Lipinski definition) is 2. The number of nitrogen functional groups attached to an aromatic ring is 1. The first-order valence-electron chi connectivity index (χ1n) is 6.26. The summed E-state index contributed by atoms with van der Waals surface area (Å²) >= 11 is 0. The maximum atomic E-state index is 12.5. The molecule has 1 aromatic heterocycles. The van der Waals surface area contributed by atoms with Crippen molar-refractivity contribution in [3.05, 3.63) is 60.3 Å². The standard InChI is InChI=1S/C16H11F3N2/c17-16(18,19)13-3-1-10(2-4-13)12-7-11-8-14(20)5-6-15(11)21-9-12/h1-9H,20H2. The maximum Gasteiger partial charge on any atom is 0.416 e. The molecular weight excluding hydrogens is 277 g/mol. The molecule has 21 heavy (non-hydrogen) atoms. The summed E-state index contributed by atoms with van der Waals surface area (Å²) in [4.78, 5) is 4.29. The van der Waals surface area contributed by atoms with E-state index >= 15 is 0 Å². The molecule has 2 N–H and O–H groups in total. The Hall–Kier alpha value is -2.56. The number of hydrogen-bond donors (Lipinski definition) is 1. The molecule has 2 nitrogen and oxygen atoms in total. The summed E-state index contributed by atoms with van der Waals surface area (Å²) in [5, 5.41) is 0.854. The van der Waals surface area contributed by atoms with Crippen LogP contribution in [0.15, 0.2) is 54.7 Å². The second-order valence-electron chi connectivity index (χ2n) is 4.75. The highest BCUT2D eigenvalue weighted by Gasteiger charge is 2.29. The second-order valence-corrected chi connectivity index (χ2v) is 4.75. The van der Waals surface area contributed by atoms with Crippen LogP contribution < -0.4 is 5.73 Å². The molecule has 0 unspecified atom stereocenters. The third-order valence-electron chi connectivity index (χ3n) is 3.25. The van der Waals surface area contributed by atoms with Crippen LogP contribution in [0.3, 0.4) is 0 Å². The molecule has 1 heterocycles. The lowest BCUT2D eigenvalue weighted by Crippen LogP contribution is -2.03. The molecule has 3 rings (SSSR count). The lowest BCUT2D eigenvalue weighted by Gasteiger charge is -2.08. The molecular formula is C16H11F3N2. The minimum absolute atomic E-state index is 0.619. The van der Waals surface area contributed by atoms with Crippen LogP contribution in [0.2, 0.25) is 0 Å². The van der Waals surface area contributed by atoms with Gasteiger partial charge in [-0.05, 0) is 42.0 Å². The SMILES string of the molecule is Nc1ccc2ncc(-c3ccc(C(F)(F)F)cc3)cc2c1. The van der Waals surface area contributed by atoms with Gasteiger partial charge in [0.25, 0.3) is 0 Å². The lowest BCUT2D eigenvalue weighted by molar-refractivity contribution is -0.137. The number of aromatic nitrogens is 1. The van der Waals surface area contributed by atoms with Gasteiger partial charge in [-0.3, -0.25) is 4.98 Å². The molecule has 0 aliphatic rings. The summed E-state index contributed by atoms with van der Waals surface area (Å²) in [5.74, 6) is 0. The van der Waals surface area contributed by atoms with Crippen molar-refractivity contribution in [2.24, 2.45) is 0 Å². The molecule has 0 aliphatic carbocycles. The smallest absolute Gasteiger partial charge is 0.399 e. The van der Waals surface area contributed by atoms with Crippen LogP contribution in [0.1, 0.15) is 5.56 Å². The van der Waals surface area contributed by atoms with E-state index in [0.29, 0.717) is 11.3 Å². The fourth-order valence-electron chi connectivity index (χ4n) is 2.16. The van der Waals surface area contributed by atoms with Gasteiger partial charge in [0, 0.05) is 22.8 Å². The van der Waals surface area contributed by atoms with E-state index in [1.54, 1.807) is 24.4 Å². The number of halogens is 3. The van der Waals surface area contributed by atoms with Gasteiger partial charge in [-0.2, -0.15) is 13.2 Å². The summed E-state index contributed by atoms with van der Waals surface area (Å²) < 4.78 is 37.6. The summed E-state index contributed by atoms with van der Waals surface area (Å²) in [6.45, 7) is 0. The molecule has 0 amide bonds. The van der Waals surface area contributed by atoms with Gasteiger partial charge in [-0.15, -0.1) is 0 Å². The van der Waals surface area contributed by atoms with E-state index in [-0.39, 0.29) is 0 Å². The minimum Gasteiger partial charge on any atom is -0.399 e. The number of fused-ring (bicyclic) bond motifs is 1. The minimum atomic E-state index is -4.32. The molecule has 0 bridgehead atoms. The molecule has 0 aliphatic heterocycles. The van der Waals surface area contributed by atoms with Crippen LogP contribution in [0, 0.1) is 0 Å². The number of nitrogens with two attached hydrogens (primary N) is 1. The second kappa shape index (κ2) is 4.77. The average molecular weight is 288 g/mol. The normalized spacial score (nSPS) is 11.8. The summed E-state index contributed by atoms with van der Waals surface area (Å²) in [6, 6.07) is 12.2. The quantitative estimate of drug-likeness (QED) is 0.669. The van der Waals surface area contributed by atoms with Gasteiger partial charge in [0.1, 0.15) is 0 Å². The number of rotatable bonds is 1. The third-order valence-corrected chi connectivity index (χ3v) is 3.25. The zero-order valence-electron chi connectivity index (χ0n) is 10.9. The fourth-order valence-corrected chi connectivity index (χ4v) is 2.16. The Bertz CT molecular complexity index is 793. The number of nitrogens with zero attached hydrogens (tertiary/aromatic N) is 1. The van der Waals surface area contributed by atoms with Crippen molar-refractivity contribution in [3.63, 3.8) is 0 Å². The summed E-state index contributed by atoms with van der Waals surface area (Å²) in [7, 11) is 0. The van der Waals surface area contributed by atoms with Gasteiger partial charge in [0.2, 0.25) is 0 Å². The van der Waals surface area contributed by atoms with Crippen LogP contribution in [-0.4, -0.2) is 4.98 Å². The fraction of sp³-hybridized carbons (Fsp3) is 0.0625. The Morgan fingerprint density at radius 2 is 1.57 bits per heavy atom. The van der Waals surface area contributed by atoms with E-state index in [1.165, 1.54) is 12.1 Å². The molecule has 5 heteroatoms. The van der Waals surface area contributed by atoms with E-state index in [2.05, 4.69) is 4.98 Å². The number of pyridine rings is 1. The lowest BCUT2D eigenvalue weighted by atomic mass is 10.0. The van der Waals surface area contributed by atoms with E-state index in [1.807, 2.05) is 6.07 Å². The van der Waals surface area contributed by atoms with Gasteiger partial charge in [-0.25, -0.2) is 0 Å². The third kappa shape index (κ3) is 2.67. The van der Waals surface area contributed by atoms with Crippen molar-refractivity contribution < 1.29 is 13.2 Å². The highest BCUT2D eigenvalue weighted by Crippen LogP contribution is 2.31. The van der Waals surface area contributed by atoms with Crippen LogP contribution >= 0.6 is 0 Å². The highest BCUT2D eigenvalue weighted by molar-refractivity contribution is 5.85. The van der Waals surface area contributed by atoms with Crippen molar-refractivity contribution in [3.8, 4) is 11.1 Å². The molecule has 0 radical (unpaired) electrons. The topological polar surface area (TPSA) is 38.9 Å². The molecule has 0 saturated heterocycles. The zero-order valence-corrected chi connectivity index (χ0v) is 10.9. The predicted octanol–water partition coefficient (Wildman–Crippen LogP) is 4.50. The predicted molar refractivity (Wildman–Crippen MR) is 76.6 cm³/mol. The van der Waals surface area contributed by atoms with Crippen molar-refractivity contribution in [2.75, 3.05) is 5.73 Å². The summed E-state index contributed by atoms with van der Waals surface area (Å²) in [6.07, 6.45) is -2.68. The number of benzene rings is 2. The molecule has 0 atom stereocenters. The van der Waals surface area contributed by atoms with E-state index in [9.17, 15) is 13.2 Å². The van der Waals surface area contributed by atoms with Gasteiger partial charge >= 0.3 is 6.18 Å². The number of anilines is 1. The Kier molecular flexibility index (Phi) is 3.05. The first-order chi connectivity index (χ1) is 9.93. The molecule has 106 valence electrons. The highest BCUT2D eigenvalue weighted by atomic mass is 19.4. The summed E-state index contributed by atoms with van der Waals surface area (Å²) in [5.41, 5.74) is 7.91. The van der Waals surface area contributed by atoms with Crippen LogP contribution in [0.25, 0.3) is 22.0 Å². The molecule has 0 fully saturated rings. The largest absolute Gasteiger partial charge is 0.416 e. The van der Waals surface area contributed by atoms with Gasteiger partial charge in [0.15, 0.2) is 0 Å². The molecule has 3 aromatic rings. The Labute approximate surface area is 119 Å². The van der Waals surface area contributed by atoms with Gasteiger partial charge in [0.05, 0.1) is 11.1 Å².